The lowest BCUT2D eigenvalue weighted by atomic mass is 9.43. The highest BCUT2D eigenvalue weighted by Crippen LogP contribution is 2.68. The summed E-state index contributed by atoms with van der Waals surface area (Å²) in [6.07, 6.45) is 10.7. The maximum absolute atomic E-state index is 11.4. The van der Waals surface area contributed by atoms with Crippen molar-refractivity contribution >= 4 is 5.97 Å². The molecule has 10 atom stereocenters. The SMILES string of the molecule is CC(CCCN(C)CC(=O)O)C1CCC2C3C(O)CC4CC(O)CCC4(C)C3CCC12C. The number of likely N-dealkylation sites (N-methyl/N-ethyl adjacent to an activating group) is 1. The van der Waals surface area contributed by atoms with Gasteiger partial charge >= 0.3 is 5.97 Å². The summed E-state index contributed by atoms with van der Waals surface area (Å²) in [7, 11) is 1.90. The van der Waals surface area contributed by atoms with Crippen molar-refractivity contribution in [1.82, 2.24) is 4.90 Å². The molecule has 0 saturated heterocycles. The quantitative estimate of drug-likeness (QED) is 0.536. The predicted molar refractivity (Wildman–Crippen MR) is 126 cm³/mol. The molecule has 4 fully saturated rings. The average Bonchev–Trinajstić information content (AvgIpc) is 3.06. The Morgan fingerprint density at radius 2 is 1.72 bits per heavy atom. The molecule has 4 aliphatic rings. The number of carboxylic acid groups (broad SMARTS) is 1. The molecule has 3 N–H and O–H groups in total. The molecule has 32 heavy (non-hydrogen) atoms. The zero-order chi connectivity index (χ0) is 23.3. The minimum Gasteiger partial charge on any atom is -0.480 e. The van der Waals surface area contributed by atoms with Crippen LogP contribution in [0.2, 0.25) is 0 Å². The van der Waals surface area contributed by atoms with Crippen LogP contribution in [0.4, 0.5) is 0 Å². The van der Waals surface area contributed by atoms with Crippen LogP contribution in [-0.4, -0.2) is 58.5 Å². The van der Waals surface area contributed by atoms with Crippen LogP contribution < -0.4 is 0 Å². The van der Waals surface area contributed by atoms with Crippen molar-refractivity contribution in [3.05, 3.63) is 0 Å². The minimum atomic E-state index is -0.752. The first-order valence-electron chi connectivity index (χ1n) is 13.3. The molecule has 0 aromatic heterocycles. The van der Waals surface area contributed by atoms with Crippen molar-refractivity contribution < 1.29 is 20.1 Å². The Balaban J connectivity index is 1.42. The number of rotatable bonds is 7. The highest BCUT2D eigenvalue weighted by molar-refractivity contribution is 5.68. The highest BCUT2D eigenvalue weighted by Gasteiger charge is 2.62. The molecule has 0 bridgehead atoms. The van der Waals surface area contributed by atoms with Gasteiger partial charge in [-0.3, -0.25) is 9.69 Å². The van der Waals surface area contributed by atoms with Gasteiger partial charge in [-0.15, -0.1) is 0 Å². The van der Waals surface area contributed by atoms with Crippen LogP contribution in [-0.2, 0) is 4.79 Å². The monoisotopic (exact) mass is 449 g/mol. The third-order valence-electron chi connectivity index (χ3n) is 11.0. The first kappa shape index (κ1) is 24.5. The molecule has 184 valence electrons. The molecule has 0 aromatic rings. The Morgan fingerprint density at radius 1 is 1.03 bits per heavy atom. The maximum atomic E-state index is 11.4. The molecular weight excluding hydrogens is 402 g/mol. The molecule has 4 saturated carbocycles. The second kappa shape index (κ2) is 9.19. The highest BCUT2D eigenvalue weighted by atomic mass is 16.4. The van der Waals surface area contributed by atoms with Gasteiger partial charge in [-0.2, -0.15) is 0 Å². The molecule has 0 aromatic carbocycles. The number of nitrogens with zero attached hydrogens (tertiary/aromatic N) is 1. The largest absolute Gasteiger partial charge is 0.480 e. The normalized spacial score (nSPS) is 46.9. The van der Waals surface area contributed by atoms with Crippen molar-refractivity contribution in [1.29, 1.82) is 0 Å². The van der Waals surface area contributed by atoms with Crippen LogP contribution in [0.15, 0.2) is 0 Å². The summed E-state index contributed by atoms with van der Waals surface area (Å²) in [6.45, 7) is 8.40. The van der Waals surface area contributed by atoms with E-state index >= 15 is 0 Å². The molecule has 10 unspecified atom stereocenters. The Hall–Kier alpha value is -0.650. The van der Waals surface area contributed by atoms with Crippen LogP contribution in [0, 0.1) is 46.3 Å². The number of carboxylic acids is 1. The van der Waals surface area contributed by atoms with Crippen LogP contribution in [0.3, 0.4) is 0 Å². The number of aliphatic hydroxyl groups is 2. The van der Waals surface area contributed by atoms with Crippen LogP contribution in [0.1, 0.15) is 85.0 Å². The fraction of sp³-hybridized carbons (Fsp3) is 0.963. The first-order chi connectivity index (χ1) is 15.1. The lowest BCUT2D eigenvalue weighted by Gasteiger charge is -2.62. The molecule has 0 amide bonds. The third-order valence-corrected chi connectivity index (χ3v) is 11.0. The van der Waals surface area contributed by atoms with Crippen molar-refractivity contribution in [3.8, 4) is 0 Å². The van der Waals surface area contributed by atoms with Crippen LogP contribution >= 0.6 is 0 Å². The van der Waals surface area contributed by atoms with Crippen molar-refractivity contribution in [3.63, 3.8) is 0 Å². The van der Waals surface area contributed by atoms with Gasteiger partial charge in [0, 0.05) is 0 Å². The van der Waals surface area contributed by atoms with Gasteiger partial charge in [0.2, 0.25) is 0 Å². The Bertz CT molecular complexity index is 685. The van der Waals surface area contributed by atoms with Gasteiger partial charge in [-0.05, 0) is 124 Å². The lowest BCUT2D eigenvalue weighted by Crippen LogP contribution is -2.58. The van der Waals surface area contributed by atoms with Gasteiger partial charge in [-0.25, -0.2) is 0 Å². The summed E-state index contributed by atoms with van der Waals surface area (Å²) in [5.74, 6) is 2.76. The summed E-state index contributed by atoms with van der Waals surface area (Å²) in [4.78, 5) is 12.8. The van der Waals surface area contributed by atoms with Gasteiger partial charge in [0.05, 0.1) is 18.8 Å². The standard InChI is InChI=1S/C27H47NO4/c1-17(6-5-13-28(4)16-24(31)32)20-7-8-21-25-22(10-12-27(20,21)3)26(2)11-9-19(29)14-18(26)15-23(25)30/h17-23,25,29-30H,5-16H2,1-4H3,(H,31,32). The van der Waals surface area contributed by atoms with Crippen LogP contribution in [0.5, 0.6) is 0 Å². The third kappa shape index (κ3) is 4.27. The van der Waals surface area contributed by atoms with E-state index in [0.717, 1.165) is 45.1 Å². The number of aliphatic carboxylic acids is 1. The number of aliphatic hydroxyl groups excluding tert-OH is 2. The number of hydrogen-bond donors (Lipinski definition) is 3. The van der Waals surface area contributed by atoms with Gasteiger partial charge in [0.15, 0.2) is 0 Å². The van der Waals surface area contributed by atoms with E-state index in [9.17, 15) is 15.0 Å². The van der Waals surface area contributed by atoms with Crippen molar-refractivity contribution in [2.45, 2.75) is 97.2 Å². The zero-order valence-electron chi connectivity index (χ0n) is 20.8. The zero-order valence-corrected chi connectivity index (χ0v) is 20.8. The van der Waals surface area contributed by atoms with E-state index in [1.54, 1.807) is 0 Å². The summed E-state index contributed by atoms with van der Waals surface area (Å²) in [5.41, 5.74) is 0.620. The number of hydrogen-bond acceptors (Lipinski definition) is 4. The van der Waals surface area contributed by atoms with E-state index in [2.05, 4.69) is 20.8 Å². The fourth-order valence-corrected chi connectivity index (χ4v) is 9.37. The summed E-state index contributed by atoms with van der Waals surface area (Å²) < 4.78 is 0. The van der Waals surface area contributed by atoms with Gasteiger partial charge in [-0.1, -0.05) is 20.8 Å². The predicted octanol–water partition coefficient (Wildman–Crippen LogP) is 4.41. The molecule has 5 nitrogen and oxygen atoms in total. The molecule has 5 heteroatoms. The van der Waals surface area contributed by atoms with E-state index in [4.69, 9.17) is 5.11 Å². The van der Waals surface area contributed by atoms with E-state index in [1.807, 2.05) is 11.9 Å². The maximum Gasteiger partial charge on any atom is 0.317 e. The number of fused-ring (bicyclic) bond motifs is 5. The summed E-state index contributed by atoms with van der Waals surface area (Å²) in [6, 6.07) is 0. The lowest BCUT2D eigenvalue weighted by molar-refractivity contribution is -0.174. The Labute approximate surface area is 195 Å². The van der Waals surface area contributed by atoms with E-state index in [1.165, 1.54) is 25.7 Å². The summed E-state index contributed by atoms with van der Waals surface area (Å²) >= 11 is 0. The van der Waals surface area contributed by atoms with Gasteiger partial charge < -0.3 is 15.3 Å². The molecular formula is C27H47NO4. The molecule has 4 rings (SSSR count). The molecule has 0 aliphatic heterocycles. The fourth-order valence-electron chi connectivity index (χ4n) is 9.37. The molecule has 0 spiro atoms. The topological polar surface area (TPSA) is 81.0 Å². The van der Waals surface area contributed by atoms with Gasteiger partial charge in [0.1, 0.15) is 0 Å². The van der Waals surface area contributed by atoms with E-state index in [0.29, 0.717) is 46.3 Å². The second-order valence-electron chi connectivity index (χ2n) is 12.7. The van der Waals surface area contributed by atoms with E-state index in [-0.39, 0.29) is 18.8 Å². The van der Waals surface area contributed by atoms with Crippen molar-refractivity contribution in [2.75, 3.05) is 20.1 Å². The van der Waals surface area contributed by atoms with Crippen molar-refractivity contribution in [2.24, 2.45) is 46.3 Å². The Morgan fingerprint density at radius 3 is 2.44 bits per heavy atom. The average molecular weight is 450 g/mol. The number of carbonyl (C=O) groups is 1. The molecule has 4 aliphatic carbocycles. The smallest absolute Gasteiger partial charge is 0.317 e. The summed E-state index contributed by atoms with van der Waals surface area (Å²) in [5, 5.41) is 30.6. The molecule has 0 heterocycles. The van der Waals surface area contributed by atoms with Crippen LogP contribution in [0.25, 0.3) is 0 Å². The van der Waals surface area contributed by atoms with Gasteiger partial charge in [0.25, 0.3) is 0 Å². The van der Waals surface area contributed by atoms with E-state index < -0.39 is 5.97 Å². The Kier molecular flexibility index (Phi) is 7.03. The first-order valence-corrected chi connectivity index (χ1v) is 13.3. The minimum absolute atomic E-state index is 0.120. The molecule has 0 radical (unpaired) electrons. The second-order valence-corrected chi connectivity index (χ2v) is 12.7.